The maximum atomic E-state index is 12.1. The second kappa shape index (κ2) is 5.36. The van der Waals surface area contributed by atoms with E-state index in [1.807, 2.05) is 24.9 Å². The zero-order chi connectivity index (χ0) is 12.3. The van der Waals surface area contributed by atoms with Crippen molar-refractivity contribution in [2.75, 3.05) is 26.7 Å². The predicted molar refractivity (Wildman–Crippen MR) is 66.0 cm³/mol. The van der Waals surface area contributed by atoms with E-state index in [0.29, 0.717) is 11.7 Å². The molecular formula is C13H20N2O2. The summed E-state index contributed by atoms with van der Waals surface area (Å²) in [6.45, 7) is 4.58. The van der Waals surface area contributed by atoms with Gasteiger partial charge < -0.3 is 14.6 Å². The van der Waals surface area contributed by atoms with Crippen LogP contribution in [0.4, 0.5) is 0 Å². The number of aryl methyl sites for hydroxylation is 1. The van der Waals surface area contributed by atoms with Crippen LogP contribution in [0.5, 0.6) is 0 Å². The fourth-order valence-electron chi connectivity index (χ4n) is 2.33. The van der Waals surface area contributed by atoms with Gasteiger partial charge in [-0.05, 0) is 51.4 Å². The lowest BCUT2D eigenvalue weighted by Crippen LogP contribution is -2.40. The standard InChI is InChI=1S/C13H20N2O2/c1-10-3-4-12(17-10)13(16)15-7-5-11(6-8-15)9-14-2/h3-4,11,14H,5-9H2,1-2H3. The van der Waals surface area contributed by atoms with Crippen LogP contribution in [0.3, 0.4) is 0 Å². The molecule has 0 bridgehead atoms. The highest BCUT2D eigenvalue weighted by atomic mass is 16.3. The van der Waals surface area contributed by atoms with Crippen LogP contribution in [0.15, 0.2) is 16.5 Å². The van der Waals surface area contributed by atoms with Crippen molar-refractivity contribution in [2.24, 2.45) is 5.92 Å². The third-order valence-corrected chi connectivity index (χ3v) is 3.35. The van der Waals surface area contributed by atoms with Crippen molar-refractivity contribution in [1.29, 1.82) is 0 Å². The van der Waals surface area contributed by atoms with Crippen molar-refractivity contribution in [2.45, 2.75) is 19.8 Å². The number of hydrogen-bond acceptors (Lipinski definition) is 3. The summed E-state index contributed by atoms with van der Waals surface area (Å²) in [6, 6.07) is 3.60. The Balaban J connectivity index is 1.90. The van der Waals surface area contributed by atoms with E-state index >= 15 is 0 Å². The molecule has 0 spiro atoms. The Hall–Kier alpha value is -1.29. The molecule has 0 radical (unpaired) electrons. The fraction of sp³-hybridized carbons (Fsp3) is 0.615. The SMILES string of the molecule is CNCC1CCN(C(=O)c2ccc(C)o2)CC1. The van der Waals surface area contributed by atoms with Crippen LogP contribution in [0.2, 0.25) is 0 Å². The molecule has 0 aliphatic carbocycles. The van der Waals surface area contributed by atoms with E-state index in [1.54, 1.807) is 6.07 Å². The predicted octanol–water partition coefficient (Wildman–Crippen LogP) is 1.66. The van der Waals surface area contributed by atoms with Crippen LogP contribution in [0.1, 0.15) is 29.2 Å². The van der Waals surface area contributed by atoms with E-state index in [0.717, 1.165) is 38.2 Å². The molecule has 1 amide bonds. The monoisotopic (exact) mass is 236 g/mol. The highest BCUT2D eigenvalue weighted by Crippen LogP contribution is 2.19. The Morgan fingerprint density at radius 3 is 2.71 bits per heavy atom. The summed E-state index contributed by atoms with van der Waals surface area (Å²) < 4.78 is 5.37. The summed E-state index contributed by atoms with van der Waals surface area (Å²) in [7, 11) is 1.98. The Morgan fingerprint density at radius 1 is 1.47 bits per heavy atom. The molecule has 1 aromatic heterocycles. The molecule has 0 aromatic carbocycles. The summed E-state index contributed by atoms with van der Waals surface area (Å²) in [6.07, 6.45) is 2.15. The van der Waals surface area contributed by atoms with Gasteiger partial charge in [-0.2, -0.15) is 0 Å². The minimum absolute atomic E-state index is 0.0287. The number of hydrogen-bond donors (Lipinski definition) is 1. The van der Waals surface area contributed by atoms with Crippen LogP contribution in [0, 0.1) is 12.8 Å². The van der Waals surface area contributed by atoms with Crippen LogP contribution >= 0.6 is 0 Å². The number of nitrogens with one attached hydrogen (secondary N) is 1. The lowest BCUT2D eigenvalue weighted by Gasteiger charge is -2.31. The molecule has 1 fully saturated rings. The van der Waals surface area contributed by atoms with Crippen LogP contribution in [-0.4, -0.2) is 37.5 Å². The van der Waals surface area contributed by atoms with E-state index in [1.165, 1.54) is 0 Å². The Kier molecular flexibility index (Phi) is 3.84. The number of carbonyl (C=O) groups is 1. The van der Waals surface area contributed by atoms with Crippen molar-refractivity contribution in [3.63, 3.8) is 0 Å². The molecule has 2 rings (SSSR count). The van der Waals surface area contributed by atoms with Crippen molar-refractivity contribution >= 4 is 5.91 Å². The summed E-state index contributed by atoms with van der Waals surface area (Å²) in [5.74, 6) is 1.98. The van der Waals surface area contributed by atoms with E-state index in [9.17, 15) is 4.79 Å². The number of furan rings is 1. The topological polar surface area (TPSA) is 45.5 Å². The van der Waals surface area contributed by atoms with Crippen molar-refractivity contribution in [3.8, 4) is 0 Å². The first kappa shape index (κ1) is 12.2. The van der Waals surface area contributed by atoms with Crippen LogP contribution in [-0.2, 0) is 0 Å². The molecule has 1 aliphatic heterocycles. The minimum atomic E-state index is 0.0287. The maximum Gasteiger partial charge on any atom is 0.289 e. The lowest BCUT2D eigenvalue weighted by molar-refractivity contribution is 0.0657. The summed E-state index contributed by atoms with van der Waals surface area (Å²) in [5, 5.41) is 3.19. The van der Waals surface area contributed by atoms with Crippen LogP contribution in [0.25, 0.3) is 0 Å². The Labute approximate surface area is 102 Å². The third kappa shape index (κ3) is 2.88. The quantitative estimate of drug-likeness (QED) is 0.868. The van der Waals surface area contributed by atoms with Gasteiger partial charge in [0.05, 0.1) is 0 Å². The summed E-state index contributed by atoms with van der Waals surface area (Å²) in [5.41, 5.74) is 0. The molecule has 17 heavy (non-hydrogen) atoms. The van der Waals surface area contributed by atoms with Gasteiger partial charge in [-0.3, -0.25) is 4.79 Å². The second-order valence-electron chi connectivity index (χ2n) is 4.70. The second-order valence-corrected chi connectivity index (χ2v) is 4.70. The van der Waals surface area contributed by atoms with E-state index in [4.69, 9.17) is 4.42 Å². The van der Waals surface area contributed by atoms with Gasteiger partial charge in [-0.1, -0.05) is 0 Å². The normalized spacial score (nSPS) is 17.4. The average Bonchev–Trinajstić information content (AvgIpc) is 2.76. The number of likely N-dealkylation sites (tertiary alicyclic amines) is 1. The number of nitrogens with zero attached hydrogens (tertiary/aromatic N) is 1. The highest BCUT2D eigenvalue weighted by molar-refractivity contribution is 5.91. The summed E-state index contributed by atoms with van der Waals surface area (Å²) >= 11 is 0. The first-order chi connectivity index (χ1) is 8.20. The Bertz CT molecular complexity index is 379. The first-order valence-corrected chi connectivity index (χ1v) is 6.21. The van der Waals surface area contributed by atoms with Gasteiger partial charge in [0.1, 0.15) is 5.76 Å². The van der Waals surface area contributed by atoms with Gasteiger partial charge in [-0.25, -0.2) is 0 Å². The molecule has 4 nitrogen and oxygen atoms in total. The number of piperidine rings is 1. The highest BCUT2D eigenvalue weighted by Gasteiger charge is 2.24. The molecule has 1 saturated heterocycles. The van der Waals surface area contributed by atoms with E-state index < -0.39 is 0 Å². The zero-order valence-electron chi connectivity index (χ0n) is 10.5. The Morgan fingerprint density at radius 2 is 2.18 bits per heavy atom. The molecule has 4 heteroatoms. The van der Waals surface area contributed by atoms with Gasteiger partial charge in [0.25, 0.3) is 5.91 Å². The fourth-order valence-corrected chi connectivity index (χ4v) is 2.33. The van der Waals surface area contributed by atoms with E-state index in [2.05, 4.69) is 5.32 Å². The lowest BCUT2D eigenvalue weighted by atomic mass is 9.97. The zero-order valence-corrected chi connectivity index (χ0v) is 10.5. The smallest absolute Gasteiger partial charge is 0.289 e. The molecule has 1 aliphatic rings. The number of amides is 1. The molecule has 0 saturated carbocycles. The first-order valence-electron chi connectivity index (χ1n) is 6.21. The molecule has 0 atom stereocenters. The molecule has 2 heterocycles. The molecule has 1 aromatic rings. The van der Waals surface area contributed by atoms with Gasteiger partial charge >= 0.3 is 0 Å². The van der Waals surface area contributed by atoms with Gasteiger partial charge in [-0.15, -0.1) is 0 Å². The molecule has 1 N–H and O–H groups in total. The van der Waals surface area contributed by atoms with Gasteiger partial charge in [0, 0.05) is 13.1 Å². The number of rotatable bonds is 3. The van der Waals surface area contributed by atoms with Gasteiger partial charge in [0.2, 0.25) is 0 Å². The van der Waals surface area contributed by atoms with Crippen molar-refractivity contribution in [3.05, 3.63) is 23.7 Å². The largest absolute Gasteiger partial charge is 0.456 e. The van der Waals surface area contributed by atoms with Crippen LogP contribution < -0.4 is 5.32 Å². The molecule has 94 valence electrons. The average molecular weight is 236 g/mol. The molecule has 0 unspecified atom stereocenters. The maximum absolute atomic E-state index is 12.1. The minimum Gasteiger partial charge on any atom is -0.456 e. The number of carbonyl (C=O) groups excluding carboxylic acids is 1. The molecular weight excluding hydrogens is 216 g/mol. The third-order valence-electron chi connectivity index (χ3n) is 3.35. The van der Waals surface area contributed by atoms with Crippen molar-refractivity contribution < 1.29 is 9.21 Å². The summed E-state index contributed by atoms with van der Waals surface area (Å²) in [4.78, 5) is 14.0. The van der Waals surface area contributed by atoms with E-state index in [-0.39, 0.29) is 5.91 Å². The van der Waals surface area contributed by atoms with Gasteiger partial charge in [0.15, 0.2) is 5.76 Å². The van der Waals surface area contributed by atoms with Crippen molar-refractivity contribution in [1.82, 2.24) is 10.2 Å².